The summed E-state index contributed by atoms with van der Waals surface area (Å²) in [6.45, 7) is 0. The Morgan fingerprint density at radius 1 is 1.04 bits per heavy atom. The van der Waals surface area contributed by atoms with E-state index in [-0.39, 0.29) is 18.1 Å². The number of nitrogens with zero attached hydrogens (tertiary/aromatic N) is 2. The predicted molar refractivity (Wildman–Crippen MR) is 99.0 cm³/mol. The van der Waals surface area contributed by atoms with Gasteiger partial charge in [-0.3, -0.25) is 4.79 Å². The van der Waals surface area contributed by atoms with Crippen molar-refractivity contribution in [1.29, 1.82) is 0 Å². The first-order valence-corrected chi connectivity index (χ1v) is 8.93. The standard InChI is InChI=1S/C19H18FN3O2S/c1-25-16-9-4-13(5-10-16)6-11-18-22-23-19(26-18)21-17(24)12-14-2-7-15(20)8-3-14/h2-5,7-10H,6,11-12H2,1H3,(H,21,23,24). The largest absolute Gasteiger partial charge is 0.497 e. The van der Waals surface area contributed by atoms with Crippen molar-refractivity contribution in [1.82, 2.24) is 10.2 Å². The van der Waals surface area contributed by atoms with Crippen molar-refractivity contribution in [3.63, 3.8) is 0 Å². The molecule has 0 atom stereocenters. The minimum Gasteiger partial charge on any atom is -0.497 e. The molecule has 1 amide bonds. The van der Waals surface area contributed by atoms with Gasteiger partial charge in [-0.1, -0.05) is 35.6 Å². The van der Waals surface area contributed by atoms with Crippen LogP contribution in [-0.4, -0.2) is 23.2 Å². The molecule has 0 saturated heterocycles. The minimum atomic E-state index is -0.320. The van der Waals surface area contributed by atoms with Gasteiger partial charge in [-0.05, 0) is 41.8 Å². The number of rotatable bonds is 7. The minimum absolute atomic E-state index is 0.168. The van der Waals surface area contributed by atoms with Gasteiger partial charge < -0.3 is 10.1 Å². The number of carbonyl (C=O) groups excluding carboxylic acids is 1. The Kier molecular flexibility index (Phi) is 5.91. The zero-order chi connectivity index (χ0) is 18.4. The van der Waals surface area contributed by atoms with Gasteiger partial charge in [0.05, 0.1) is 13.5 Å². The molecule has 1 N–H and O–H groups in total. The monoisotopic (exact) mass is 371 g/mol. The highest BCUT2D eigenvalue weighted by atomic mass is 32.1. The second-order valence-electron chi connectivity index (χ2n) is 5.70. The maximum Gasteiger partial charge on any atom is 0.230 e. The van der Waals surface area contributed by atoms with Crippen LogP contribution in [0, 0.1) is 5.82 Å². The molecule has 0 aliphatic carbocycles. The summed E-state index contributed by atoms with van der Waals surface area (Å²) in [5.74, 6) is 0.310. The lowest BCUT2D eigenvalue weighted by Crippen LogP contribution is -2.14. The molecule has 2 aromatic carbocycles. The third-order valence-corrected chi connectivity index (χ3v) is 4.68. The Hall–Kier alpha value is -2.80. The summed E-state index contributed by atoms with van der Waals surface area (Å²) in [4.78, 5) is 12.0. The maximum absolute atomic E-state index is 12.9. The number of aromatic nitrogens is 2. The van der Waals surface area contributed by atoms with Crippen molar-refractivity contribution in [3.8, 4) is 5.75 Å². The van der Waals surface area contributed by atoms with Gasteiger partial charge in [0.25, 0.3) is 0 Å². The number of ether oxygens (including phenoxy) is 1. The molecule has 26 heavy (non-hydrogen) atoms. The van der Waals surface area contributed by atoms with Crippen molar-refractivity contribution in [2.24, 2.45) is 0 Å². The fraction of sp³-hybridized carbons (Fsp3) is 0.211. The number of anilines is 1. The lowest BCUT2D eigenvalue weighted by Gasteiger charge is -2.02. The molecular weight excluding hydrogens is 353 g/mol. The quantitative estimate of drug-likeness (QED) is 0.689. The molecule has 0 radical (unpaired) electrons. The van der Waals surface area contributed by atoms with Crippen LogP contribution in [0.4, 0.5) is 9.52 Å². The highest BCUT2D eigenvalue weighted by Crippen LogP contribution is 2.19. The van der Waals surface area contributed by atoms with Crippen LogP contribution >= 0.6 is 11.3 Å². The lowest BCUT2D eigenvalue weighted by atomic mass is 10.1. The summed E-state index contributed by atoms with van der Waals surface area (Å²) in [7, 11) is 1.64. The van der Waals surface area contributed by atoms with Crippen LogP contribution in [0.5, 0.6) is 5.75 Å². The van der Waals surface area contributed by atoms with Gasteiger partial charge in [0.15, 0.2) is 0 Å². The molecule has 3 aromatic rings. The molecule has 0 bridgehead atoms. The third-order valence-electron chi connectivity index (χ3n) is 3.78. The molecule has 0 aliphatic rings. The van der Waals surface area contributed by atoms with Gasteiger partial charge >= 0.3 is 0 Å². The van der Waals surface area contributed by atoms with E-state index in [4.69, 9.17) is 4.74 Å². The Bertz CT molecular complexity index is 863. The van der Waals surface area contributed by atoms with Gasteiger partial charge in [0, 0.05) is 6.42 Å². The second-order valence-corrected chi connectivity index (χ2v) is 6.76. The van der Waals surface area contributed by atoms with Crippen molar-refractivity contribution in [3.05, 3.63) is 70.5 Å². The van der Waals surface area contributed by atoms with E-state index in [1.165, 1.54) is 29.0 Å². The molecule has 134 valence electrons. The van der Waals surface area contributed by atoms with Crippen LogP contribution in [0.1, 0.15) is 16.1 Å². The Labute approximate surface area is 154 Å². The van der Waals surface area contributed by atoms with Crippen LogP contribution in [0.25, 0.3) is 0 Å². The fourth-order valence-electron chi connectivity index (χ4n) is 2.40. The number of carbonyl (C=O) groups is 1. The number of methoxy groups -OCH3 is 1. The van der Waals surface area contributed by atoms with Gasteiger partial charge in [-0.15, -0.1) is 10.2 Å². The average molecular weight is 371 g/mol. The molecular formula is C19H18FN3O2S. The zero-order valence-electron chi connectivity index (χ0n) is 14.2. The molecule has 3 rings (SSSR count). The number of benzene rings is 2. The number of hydrogen-bond acceptors (Lipinski definition) is 5. The van der Waals surface area contributed by atoms with Gasteiger partial charge in [0.1, 0.15) is 16.6 Å². The molecule has 0 unspecified atom stereocenters. The fourth-order valence-corrected chi connectivity index (χ4v) is 3.16. The summed E-state index contributed by atoms with van der Waals surface area (Å²) in [6, 6.07) is 13.8. The van der Waals surface area contributed by atoms with Crippen molar-refractivity contribution < 1.29 is 13.9 Å². The first-order valence-electron chi connectivity index (χ1n) is 8.12. The first kappa shape index (κ1) is 18.0. The van der Waals surface area contributed by atoms with E-state index >= 15 is 0 Å². The molecule has 0 spiro atoms. The predicted octanol–water partition coefficient (Wildman–Crippen LogP) is 3.65. The van der Waals surface area contributed by atoms with Crippen molar-refractivity contribution in [2.45, 2.75) is 19.3 Å². The van der Waals surface area contributed by atoms with Crippen LogP contribution in [0.15, 0.2) is 48.5 Å². The number of amides is 1. The summed E-state index contributed by atoms with van der Waals surface area (Å²) in [5.41, 5.74) is 1.93. The highest BCUT2D eigenvalue weighted by molar-refractivity contribution is 7.15. The van der Waals surface area contributed by atoms with E-state index in [9.17, 15) is 9.18 Å². The molecule has 5 nitrogen and oxygen atoms in total. The van der Waals surface area contributed by atoms with Gasteiger partial charge in [-0.25, -0.2) is 4.39 Å². The highest BCUT2D eigenvalue weighted by Gasteiger charge is 2.09. The topological polar surface area (TPSA) is 64.1 Å². The van der Waals surface area contributed by atoms with Gasteiger partial charge in [0.2, 0.25) is 11.0 Å². The Morgan fingerprint density at radius 2 is 1.73 bits per heavy atom. The van der Waals surface area contributed by atoms with E-state index in [1.807, 2.05) is 24.3 Å². The molecule has 7 heteroatoms. The molecule has 1 aromatic heterocycles. The van der Waals surface area contributed by atoms with Crippen LogP contribution in [-0.2, 0) is 24.1 Å². The second kappa shape index (κ2) is 8.53. The van der Waals surface area contributed by atoms with Crippen LogP contribution in [0.3, 0.4) is 0 Å². The molecule has 0 fully saturated rings. The molecule has 1 heterocycles. The number of nitrogens with one attached hydrogen (secondary N) is 1. The number of halogens is 1. The Balaban J connectivity index is 1.50. The van der Waals surface area contributed by atoms with Crippen molar-refractivity contribution in [2.75, 3.05) is 12.4 Å². The SMILES string of the molecule is COc1ccc(CCc2nnc(NC(=O)Cc3ccc(F)cc3)s2)cc1. The maximum atomic E-state index is 12.9. The van der Waals surface area contributed by atoms with E-state index in [0.29, 0.717) is 5.13 Å². The average Bonchev–Trinajstić information content (AvgIpc) is 3.09. The zero-order valence-corrected chi connectivity index (χ0v) is 15.1. The van der Waals surface area contributed by atoms with E-state index in [2.05, 4.69) is 15.5 Å². The first-order chi connectivity index (χ1) is 12.6. The third kappa shape index (κ3) is 5.10. The summed E-state index contributed by atoms with van der Waals surface area (Å²) >= 11 is 1.36. The molecule has 0 aliphatic heterocycles. The normalized spacial score (nSPS) is 10.5. The summed E-state index contributed by atoms with van der Waals surface area (Å²) < 4.78 is 18.0. The van der Waals surface area contributed by atoms with Gasteiger partial charge in [-0.2, -0.15) is 0 Å². The smallest absolute Gasteiger partial charge is 0.230 e. The van der Waals surface area contributed by atoms with Crippen LogP contribution < -0.4 is 10.1 Å². The van der Waals surface area contributed by atoms with E-state index in [0.717, 1.165) is 29.2 Å². The van der Waals surface area contributed by atoms with E-state index in [1.54, 1.807) is 19.2 Å². The lowest BCUT2D eigenvalue weighted by molar-refractivity contribution is -0.115. The van der Waals surface area contributed by atoms with Crippen molar-refractivity contribution >= 4 is 22.4 Å². The molecule has 0 saturated carbocycles. The number of aryl methyl sites for hydroxylation is 2. The number of hydrogen-bond donors (Lipinski definition) is 1. The summed E-state index contributed by atoms with van der Waals surface area (Å²) in [5, 5.41) is 12.2. The Morgan fingerprint density at radius 3 is 2.42 bits per heavy atom. The van der Waals surface area contributed by atoms with E-state index < -0.39 is 0 Å². The summed E-state index contributed by atoms with van der Waals surface area (Å²) in [6.07, 6.45) is 1.75. The van der Waals surface area contributed by atoms with Crippen LogP contribution in [0.2, 0.25) is 0 Å².